The van der Waals surface area contributed by atoms with Crippen LogP contribution in [0.25, 0.3) is 0 Å². The number of piperidine rings is 1. The number of alkyl halides is 2. The number of urea groups is 1. The lowest BCUT2D eigenvalue weighted by Crippen LogP contribution is -2.51. The van der Waals surface area contributed by atoms with Crippen LogP contribution in [0.15, 0.2) is 12.4 Å². The SMILES string of the molecule is O=C(Nc1cc(N2CCN(C3CCCCC3)CC2)ncn1)N1CCC(F)(F)CC1. The number of nitrogens with zero attached hydrogens (tertiary/aromatic N) is 5. The van der Waals surface area contributed by atoms with E-state index in [0.717, 1.165) is 38.0 Å². The summed E-state index contributed by atoms with van der Waals surface area (Å²) in [6.45, 7) is 3.97. The largest absolute Gasteiger partial charge is 0.354 e. The molecule has 1 aliphatic carbocycles. The van der Waals surface area contributed by atoms with Crippen LogP contribution in [-0.2, 0) is 0 Å². The lowest BCUT2D eigenvalue weighted by Gasteiger charge is -2.41. The number of halogens is 2. The maximum Gasteiger partial charge on any atom is 0.323 e. The zero-order valence-electron chi connectivity index (χ0n) is 16.8. The third-order valence-corrected chi connectivity index (χ3v) is 6.40. The van der Waals surface area contributed by atoms with Crippen LogP contribution in [0.5, 0.6) is 0 Å². The minimum atomic E-state index is -2.67. The average molecular weight is 408 g/mol. The summed E-state index contributed by atoms with van der Waals surface area (Å²) in [4.78, 5) is 27.1. The van der Waals surface area contributed by atoms with E-state index in [4.69, 9.17) is 0 Å². The Morgan fingerprint density at radius 2 is 1.69 bits per heavy atom. The predicted molar refractivity (Wildman–Crippen MR) is 107 cm³/mol. The van der Waals surface area contributed by atoms with Gasteiger partial charge in [0.15, 0.2) is 0 Å². The molecular formula is C20H30F2N6O. The fraction of sp³-hybridized carbons (Fsp3) is 0.750. The first-order valence-corrected chi connectivity index (χ1v) is 10.7. The van der Waals surface area contributed by atoms with Gasteiger partial charge in [-0.05, 0) is 12.8 Å². The molecule has 0 bridgehead atoms. The van der Waals surface area contributed by atoms with Gasteiger partial charge in [0.2, 0.25) is 0 Å². The molecule has 1 saturated carbocycles. The van der Waals surface area contributed by atoms with Gasteiger partial charge in [0, 0.05) is 64.2 Å². The minimum absolute atomic E-state index is 0.0555. The Labute approximate surface area is 170 Å². The molecule has 0 unspecified atom stereocenters. The van der Waals surface area contributed by atoms with Crippen LogP contribution in [0, 0.1) is 0 Å². The molecule has 4 rings (SSSR count). The zero-order valence-corrected chi connectivity index (χ0v) is 16.8. The molecule has 29 heavy (non-hydrogen) atoms. The highest BCUT2D eigenvalue weighted by atomic mass is 19.3. The minimum Gasteiger partial charge on any atom is -0.354 e. The van der Waals surface area contributed by atoms with Crippen LogP contribution in [0.1, 0.15) is 44.9 Å². The molecule has 1 aromatic heterocycles. The van der Waals surface area contributed by atoms with Gasteiger partial charge >= 0.3 is 6.03 Å². The maximum absolute atomic E-state index is 13.3. The summed E-state index contributed by atoms with van der Waals surface area (Å²) in [6.07, 6.45) is 7.54. The molecule has 0 spiro atoms. The first-order valence-electron chi connectivity index (χ1n) is 10.7. The second kappa shape index (κ2) is 8.77. The number of likely N-dealkylation sites (tertiary alicyclic amines) is 1. The Hall–Kier alpha value is -2.03. The van der Waals surface area contributed by atoms with Crippen molar-refractivity contribution >= 4 is 17.7 Å². The number of carbonyl (C=O) groups is 1. The summed E-state index contributed by atoms with van der Waals surface area (Å²) in [7, 11) is 0. The third kappa shape index (κ3) is 5.12. The van der Waals surface area contributed by atoms with E-state index >= 15 is 0 Å². The number of anilines is 2. The van der Waals surface area contributed by atoms with Crippen molar-refractivity contribution in [1.29, 1.82) is 0 Å². The highest BCUT2D eigenvalue weighted by molar-refractivity contribution is 5.88. The molecular weight excluding hydrogens is 378 g/mol. The zero-order chi connectivity index (χ0) is 20.3. The van der Waals surface area contributed by atoms with E-state index in [1.807, 2.05) is 0 Å². The molecule has 0 atom stereocenters. The Kier molecular flexibility index (Phi) is 6.12. The van der Waals surface area contributed by atoms with Crippen molar-refractivity contribution in [3.63, 3.8) is 0 Å². The quantitative estimate of drug-likeness (QED) is 0.832. The van der Waals surface area contributed by atoms with Gasteiger partial charge in [-0.2, -0.15) is 0 Å². The summed E-state index contributed by atoms with van der Waals surface area (Å²) in [5, 5.41) is 2.73. The number of amides is 2. The number of hydrogen-bond donors (Lipinski definition) is 1. The average Bonchev–Trinajstić information content (AvgIpc) is 2.74. The standard InChI is InChI=1S/C20H30F2N6O/c21-20(22)6-8-28(9-7-20)19(29)25-17-14-18(24-15-23-17)27-12-10-26(11-13-27)16-4-2-1-3-5-16/h14-16H,1-13H2,(H,23,24,25,29). The fourth-order valence-corrected chi connectivity index (χ4v) is 4.58. The number of aromatic nitrogens is 2. The Morgan fingerprint density at radius 3 is 2.38 bits per heavy atom. The van der Waals surface area contributed by atoms with E-state index in [1.54, 1.807) is 6.07 Å². The lowest BCUT2D eigenvalue weighted by atomic mass is 9.94. The number of nitrogens with one attached hydrogen (secondary N) is 1. The first-order chi connectivity index (χ1) is 14.0. The highest BCUT2D eigenvalue weighted by Crippen LogP contribution is 2.28. The van der Waals surface area contributed by atoms with Crippen molar-refractivity contribution in [3.05, 3.63) is 12.4 Å². The van der Waals surface area contributed by atoms with Gasteiger partial charge in [0.1, 0.15) is 18.0 Å². The van der Waals surface area contributed by atoms with E-state index in [9.17, 15) is 13.6 Å². The number of rotatable bonds is 3. The topological polar surface area (TPSA) is 64.6 Å². The van der Waals surface area contributed by atoms with Crippen molar-refractivity contribution < 1.29 is 13.6 Å². The van der Waals surface area contributed by atoms with Crippen molar-refractivity contribution in [1.82, 2.24) is 19.8 Å². The smallest absolute Gasteiger partial charge is 0.323 e. The summed E-state index contributed by atoms with van der Waals surface area (Å²) in [5.41, 5.74) is 0. The molecule has 3 aliphatic rings. The van der Waals surface area contributed by atoms with Crippen LogP contribution in [-0.4, -0.2) is 77.0 Å². The van der Waals surface area contributed by atoms with Crippen LogP contribution in [0.3, 0.4) is 0 Å². The summed E-state index contributed by atoms with van der Waals surface area (Å²) >= 11 is 0. The van der Waals surface area contributed by atoms with Crippen molar-refractivity contribution in [2.45, 2.75) is 56.9 Å². The molecule has 3 fully saturated rings. The molecule has 2 aliphatic heterocycles. The molecule has 3 heterocycles. The van der Waals surface area contributed by atoms with Gasteiger partial charge in [0.05, 0.1) is 0 Å². The van der Waals surface area contributed by atoms with E-state index in [1.165, 1.54) is 43.3 Å². The molecule has 2 saturated heterocycles. The van der Waals surface area contributed by atoms with Crippen molar-refractivity contribution in [2.75, 3.05) is 49.5 Å². The Bertz CT molecular complexity index is 694. The molecule has 2 amide bonds. The number of piperazine rings is 1. The molecule has 1 aromatic rings. The van der Waals surface area contributed by atoms with E-state index in [0.29, 0.717) is 5.82 Å². The van der Waals surface area contributed by atoms with Crippen LogP contribution in [0.4, 0.5) is 25.2 Å². The normalized spacial score (nSPS) is 23.8. The maximum atomic E-state index is 13.3. The molecule has 9 heteroatoms. The highest BCUT2D eigenvalue weighted by Gasteiger charge is 2.35. The van der Waals surface area contributed by atoms with Gasteiger partial charge in [-0.15, -0.1) is 0 Å². The summed E-state index contributed by atoms with van der Waals surface area (Å²) in [5.74, 6) is -1.46. The molecule has 7 nitrogen and oxygen atoms in total. The second-order valence-corrected chi connectivity index (χ2v) is 8.35. The Balaban J connectivity index is 1.30. The monoisotopic (exact) mass is 408 g/mol. The fourth-order valence-electron chi connectivity index (χ4n) is 4.58. The second-order valence-electron chi connectivity index (χ2n) is 8.35. The summed E-state index contributed by atoms with van der Waals surface area (Å²) < 4.78 is 26.6. The van der Waals surface area contributed by atoms with Gasteiger partial charge < -0.3 is 9.80 Å². The molecule has 1 N–H and O–H groups in total. The molecule has 0 aromatic carbocycles. The van der Waals surface area contributed by atoms with E-state index < -0.39 is 5.92 Å². The van der Waals surface area contributed by atoms with Gasteiger partial charge in [-0.3, -0.25) is 10.2 Å². The van der Waals surface area contributed by atoms with E-state index in [-0.39, 0.29) is 32.0 Å². The van der Waals surface area contributed by atoms with Gasteiger partial charge in [0.25, 0.3) is 5.92 Å². The van der Waals surface area contributed by atoms with Crippen molar-refractivity contribution in [3.8, 4) is 0 Å². The van der Waals surface area contributed by atoms with Crippen LogP contribution >= 0.6 is 0 Å². The molecule has 0 radical (unpaired) electrons. The van der Waals surface area contributed by atoms with E-state index in [2.05, 4.69) is 25.1 Å². The third-order valence-electron chi connectivity index (χ3n) is 6.40. The lowest BCUT2D eigenvalue weighted by molar-refractivity contribution is -0.0461. The van der Waals surface area contributed by atoms with Crippen LogP contribution < -0.4 is 10.2 Å². The van der Waals surface area contributed by atoms with Gasteiger partial charge in [-0.1, -0.05) is 19.3 Å². The number of hydrogen-bond acceptors (Lipinski definition) is 5. The van der Waals surface area contributed by atoms with Gasteiger partial charge in [-0.25, -0.2) is 23.5 Å². The predicted octanol–water partition coefficient (Wildman–Crippen LogP) is 3.19. The molecule has 160 valence electrons. The first kappa shape index (κ1) is 20.3. The Morgan fingerprint density at radius 1 is 1.00 bits per heavy atom. The van der Waals surface area contributed by atoms with Crippen molar-refractivity contribution in [2.24, 2.45) is 0 Å². The van der Waals surface area contributed by atoms with Crippen LogP contribution in [0.2, 0.25) is 0 Å². The number of carbonyl (C=O) groups excluding carboxylic acids is 1. The summed E-state index contributed by atoms with van der Waals surface area (Å²) in [6, 6.07) is 2.11.